The van der Waals surface area contributed by atoms with Crippen LogP contribution in [0, 0.1) is 0 Å². The second kappa shape index (κ2) is 8.26. The van der Waals surface area contributed by atoms with Crippen LogP contribution in [0.5, 0.6) is 5.75 Å². The summed E-state index contributed by atoms with van der Waals surface area (Å²) in [6.45, 7) is 5.75. The molecule has 1 N–H and O–H groups in total. The van der Waals surface area contributed by atoms with Gasteiger partial charge in [0.15, 0.2) is 0 Å². The summed E-state index contributed by atoms with van der Waals surface area (Å²) in [5, 5.41) is 2.95. The predicted molar refractivity (Wildman–Crippen MR) is 113 cm³/mol. The summed E-state index contributed by atoms with van der Waals surface area (Å²) in [6, 6.07) is 17.4. The molecule has 1 heterocycles. The van der Waals surface area contributed by atoms with Gasteiger partial charge in [0, 0.05) is 25.7 Å². The molecule has 4 heteroatoms. The largest absolute Gasteiger partial charge is 0.490 e. The van der Waals surface area contributed by atoms with Crippen LogP contribution in [0.25, 0.3) is 0 Å². The maximum absolute atomic E-state index is 11.2. The lowest BCUT2D eigenvalue weighted by atomic mass is 9.88. The molecule has 1 atom stereocenters. The maximum atomic E-state index is 11.2. The molecule has 1 aliphatic heterocycles. The van der Waals surface area contributed by atoms with E-state index >= 15 is 0 Å². The van der Waals surface area contributed by atoms with Crippen LogP contribution in [0.15, 0.2) is 48.5 Å². The fourth-order valence-corrected chi connectivity index (χ4v) is 4.03. The average molecular weight is 379 g/mol. The van der Waals surface area contributed by atoms with Gasteiger partial charge in [0.1, 0.15) is 5.75 Å². The van der Waals surface area contributed by atoms with E-state index in [0.29, 0.717) is 12.0 Å². The fourth-order valence-electron chi connectivity index (χ4n) is 4.03. The number of nitrogens with zero attached hydrogens (tertiary/aromatic N) is 1. The Balaban J connectivity index is 1.31. The second-order valence-corrected chi connectivity index (χ2v) is 8.16. The first-order valence-corrected chi connectivity index (χ1v) is 10.5. The number of amides is 1. The normalized spacial score (nSPS) is 18.6. The Bertz CT molecular complexity index is 788. The molecule has 1 saturated heterocycles. The minimum Gasteiger partial charge on any atom is -0.490 e. The molecule has 4 nitrogen and oxygen atoms in total. The molecule has 148 valence electrons. The quantitative estimate of drug-likeness (QED) is 0.784. The fraction of sp³-hybridized carbons (Fsp3) is 0.458. The summed E-state index contributed by atoms with van der Waals surface area (Å²) in [7, 11) is 0. The zero-order valence-electron chi connectivity index (χ0n) is 16.9. The van der Waals surface area contributed by atoms with Crippen LogP contribution in [-0.2, 0) is 4.79 Å². The van der Waals surface area contributed by atoms with E-state index in [4.69, 9.17) is 4.74 Å². The Morgan fingerprint density at radius 3 is 2.21 bits per heavy atom. The molecular weight excluding hydrogens is 348 g/mol. The van der Waals surface area contributed by atoms with Crippen LogP contribution in [0.4, 0.5) is 5.69 Å². The van der Waals surface area contributed by atoms with Crippen molar-refractivity contribution < 1.29 is 9.53 Å². The Morgan fingerprint density at radius 1 is 1.00 bits per heavy atom. The minimum absolute atomic E-state index is 0.0103. The van der Waals surface area contributed by atoms with Crippen molar-refractivity contribution in [3.63, 3.8) is 0 Å². The zero-order valence-corrected chi connectivity index (χ0v) is 16.9. The molecule has 0 spiro atoms. The van der Waals surface area contributed by atoms with Crippen LogP contribution in [0.1, 0.15) is 62.6 Å². The number of anilines is 1. The van der Waals surface area contributed by atoms with E-state index in [-0.39, 0.29) is 11.9 Å². The molecule has 1 saturated carbocycles. The van der Waals surface area contributed by atoms with E-state index in [1.165, 1.54) is 36.9 Å². The molecule has 0 radical (unpaired) electrons. The van der Waals surface area contributed by atoms with Crippen LogP contribution in [0.3, 0.4) is 0 Å². The number of hydrogen-bond donors (Lipinski definition) is 1. The Labute approximate surface area is 167 Å². The molecule has 4 rings (SSSR count). The maximum Gasteiger partial charge on any atom is 0.217 e. The summed E-state index contributed by atoms with van der Waals surface area (Å²) in [5.74, 6) is 1.62. The number of rotatable bonds is 6. The smallest absolute Gasteiger partial charge is 0.217 e. The molecule has 2 aliphatic rings. The molecule has 0 unspecified atom stereocenters. The monoisotopic (exact) mass is 378 g/mol. The van der Waals surface area contributed by atoms with Gasteiger partial charge in [-0.25, -0.2) is 0 Å². The van der Waals surface area contributed by atoms with Gasteiger partial charge in [-0.1, -0.05) is 24.3 Å². The first kappa shape index (κ1) is 18.9. The van der Waals surface area contributed by atoms with Gasteiger partial charge in [0.05, 0.1) is 12.1 Å². The lowest BCUT2D eigenvalue weighted by Gasteiger charge is -2.34. The topological polar surface area (TPSA) is 41.6 Å². The van der Waals surface area contributed by atoms with E-state index in [1.54, 1.807) is 6.92 Å². The summed E-state index contributed by atoms with van der Waals surface area (Å²) in [4.78, 5) is 13.7. The van der Waals surface area contributed by atoms with Crippen LogP contribution in [0.2, 0.25) is 0 Å². The highest BCUT2D eigenvalue weighted by Crippen LogP contribution is 2.32. The average Bonchev–Trinajstić information content (AvgIpc) is 3.52. The molecule has 28 heavy (non-hydrogen) atoms. The summed E-state index contributed by atoms with van der Waals surface area (Å²) in [5.41, 5.74) is 3.86. The van der Waals surface area contributed by atoms with Gasteiger partial charge in [-0.3, -0.25) is 4.79 Å². The van der Waals surface area contributed by atoms with Gasteiger partial charge in [-0.2, -0.15) is 0 Å². The first-order chi connectivity index (χ1) is 13.6. The molecule has 0 bridgehead atoms. The zero-order chi connectivity index (χ0) is 19.5. The molecule has 0 aromatic heterocycles. The van der Waals surface area contributed by atoms with Gasteiger partial charge >= 0.3 is 0 Å². The SMILES string of the molecule is CC(=O)N[C@@H](C)c1ccc(C2CCN(c3ccc(OC4CC4)cc3)CC2)cc1. The van der Waals surface area contributed by atoms with E-state index in [2.05, 4.69) is 58.7 Å². The van der Waals surface area contributed by atoms with Gasteiger partial charge in [0.25, 0.3) is 0 Å². The van der Waals surface area contributed by atoms with Crippen molar-refractivity contribution in [2.45, 2.75) is 57.6 Å². The second-order valence-electron chi connectivity index (χ2n) is 8.16. The highest BCUT2D eigenvalue weighted by Gasteiger charge is 2.24. The number of piperidine rings is 1. The Hall–Kier alpha value is -2.49. The summed E-state index contributed by atoms with van der Waals surface area (Å²) in [6.07, 6.45) is 5.18. The third kappa shape index (κ3) is 4.67. The van der Waals surface area contributed by atoms with Crippen molar-refractivity contribution >= 4 is 11.6 Å². The standard InChI is InChI=1S/C24H30N2O2/c1-17(25-18(2)27)19-3-5-20(6-4-19)21-13-15-26(16-14-21)22-7-9-23(10-8-22)28-24-11-12-24/h3-10,17,21,24H,11-16H2,1-2H3,(H,25,27)/t17-/m0/s1. The van der Waals surface area contributed by atoms with E-state index in [0.717, 1.165) is 24.4 Å². The van der Waals surface area contributed by atoms with Gasteiger partial charge < -0.3 is 15.0 Å². The number of ether oxygens (including phenoxy) is 1. The third-order valence-corrected chi connectivity index (χ3v) is 5.85. The number of nitrogens with one attached hydrogen (secondary N) is 1. The van der Waals surface area contributed by atoms with E-state index < -0.39 is 0 Å². The summed E-state index contributed by atoms with van der Waals surface area (Å²) >= 11 is 0. The van der Waals surface area contributed by atoms with E-state index in [9.17, 15) is 4.79 Å². The highest BCUT2D eigenvalue weighted by atomic mass is 16.5. The van der Waals surface area contributed by atoms with Crippen molar-refractivity contribution in [1.29, 1.82) is 0 Å². The number of carbonyl (C=O) groups excluding carboxylic acids is 1. The van der Waals surface area contributed by atoms with Crippen molar-refractivity contribution in [2.75, 3.05) is 18.0 Å². The van der Waals surface area contributed by atoms with Gasteiger partial charge in [-0.05, 0) is 73.9 Å². The number of benzene rings is 2. The van der Waals surface area contributed by atoms with Crippen molar-refractivity contribution in [3.8, 4) is 5.75 Å². The molecular formula is C24H30N2O2. The molecule has 2 fully saturated rings. The lowest BCUT2D eigenvalue weighted by Crippen LogP contribution is -2.32. The van der Waals surface area contributed by atoms with E-state index in [1.807, 2.05) is 6.92 Å². The highest BCUT2D eigenvalue weighted by molar-refractivity contribution is 5.73. The first-order valence-electron chi connectivity index (χ1n) is 10.5. The molecule has 1 aliphatic carbocycles. The number of carbonyl (C=O) groups is 1. The number of hydrogen-bond acceptors (Lipinski definition) is 3. The van der Waals surface area contributed by atoms with Gasteiger partial charge in [0.2, 0.25) is 5.91 Å². The minimum atomic E-state index is 0.0103. The van der Waals surface area contributed by atoms with Crippen molar-refractivity contribution in [1.82, 2.24) is 5.32 Å². The third-order valence-electron chi connectivity index (χ3n) is 5.85. The van der Waals surface area contributed by atoms with Crippen LogP contribution in [-0.4, -0.2) is 25.1 Å². The molecule has 2 aromatic rings. The lowest BCUT2D eigenvalue weighted by molar-refractivity contribution is -0.119. The van der Waals surface area contributed by atoms with Crippen LogP contribution >= 0.6 is 0 Å². The van der Waals surface area contributed by atoms with Gasteiger partial charge in [-0.15, -0.1) is 0 Å². The van der Waals surface area contributed by atoms with Crippen molar-refractivity contribution in [3.05, 3.63) is 59.7 Å². The Kier molecular flexibility index (Phi) is 5.56. The molecule has 2 aromatic carbocycles. The Morgan fingerprint density at radius 2 is 1.64 bits per heavy atom. The van der Waals surface area contributed by atoms with Crippen molar-refractivity contribution in [2.24, 2.45) is 0 Å². The van der Waals surface area contributed by atoms with Crippen LogP contribution < -0.4 is 15.0 Å². The predicted octanol–water partition coefficient (Wildman–Crippen LogP) is 4.81. The molecule has 1 amide bonds. The summed E-state index contributed by atoms with van der Waals surface area (Å²) < 4.78 is 5.85.